The molecule has 4 rings (SSSR count). The Balaban J connectivity index is 1.30. The molecule has 4 aromatic rings. The van der Waals surface area contributed by atoms with Crippen LogP contribution >= 0.6 is 11.3 Å². The predicted octanol–water partition coefficient (Wildman–Crippen LogP) is 2.16. The van der Waals surface area contributed by atoms with E-state index in [1.165, 1.54) is 18.0 Å². The van der Waals surface area contributed by atoms with E-state index in [1.807, 2.05) is 0 Å². The summed E-state index contributed by atoms with van der Waals surface area (Å²) >= 11 is 0.951. The number of alkyl halides is 1. The number of ketones is 1. The lowest BCUT2D eigenvalue weighted by molar-refractivity contribution is -0.146. The minimum absolute atomic E-state index is 0.00959. The van der Waals surface area contributed by atoms with Gasteiger partial charge in [0.2, 0.25) is 4.34 Å². The Morgan fingerprint density at radius 1 is 1.16 bits per heavy atom. The summed E-state index contributed by atoms with van der Waals surface area (Å²) in [5, 5.41) is 13.1. The van der Waals surface area contributed by atoms with Gasteiger partial charge in [0.05, 0.1) is 29.4 Å². The van der Waals surface area contributed by atoms with E-state index >= 15 is 0 Å². The number of benzene rings is 2. The Hall–Kier alpha value is -3.80. The zero-order valence-electron chi connectivity index (χ0n) is 22.9. The Kier molecular flexibility index (Phi) is 10.9. The molecule has 0 bridgehead atoms. The van der Waals surface area contributed by atoms with Crippen molar-refractivity contribution in [2.24, 2.45) is 11.1 Å². The van der Waals surface area contributed by atoms with E-state index < -0.39 is 39.4 Å². The predicted molar refractivity (Wildman–Crippen MR) is 155 cm³/mol. The Bertz CT molecular complexity index is 1730. The smallest absolute Gasteiger partial charge is 0.310 e. The van der Waals surface area contributed by atoms with Crippen molar-refractivity contribution in [3.05, 3.63) is 59.9 Å². The zero-order chi connectivity index (χ0) is 31.0. The molecule has 13 nitrogen and oxygen atoms in total. The molecule has 0 aliphatic heterocycles. The molecule has 1 unspecified atom stereocenters. The van der Waals surface area contributed by atoms with Gasteiger partial charge in [-0.25, -0.2) is 27.6 Å². The van der Waals surface area contributed by atoms with Gasteiger partial charge in [-0.3, -0.25) is 13.8 Å². The lowest BCUT2D eigenvalue weighted by Gasteiger charge is -2.14. The fourth-order valence-corrected chi connectivity index (χ4v) is 6.99. The Morgan fingerprint density at radius 3 is 2.70 bits per heavy atom. The number of hydrogen-bond donors (Lipinski definition) is 1. The van der Waals surface area contributed by atoms with E-state index in [2.05, 4.69) is 15.3 Å². The van der Waals surface area contributed by atoms with Gasteiger partial charge < -0.3 is 14.2 Å². The topological polar surface area (TPSA) is 183 Å². The van der Waals surface area contributed by atoms with Crippen LogP contribution in [0.25, 0.3) is 10.2 Å². The number of methoxy groups -OCH3 is 1. The molecular weight excluding hydrogens is 626 g/mol. The molecule has 0 fully saturated rings. The van der Waals surface area contributed by atoms with Gasteiger partial charge in [-0.05, 0) is 29.8 Å². The van der Waals surface area contributed by atoms with E-state index in [-0.39, 0.29) is 47.8 Å². The highest BCUT2D eigenvalue weighted by Gasteiger charge is 2.26. The van der Waals surface area contributed by atoms with E-state index in [9.17, 15) is 26.6 Å². The van der Waals surface area contributed by atoms with Crippen LogP contribution in [0.15, 0.2) is 53.0 Å². The third-order valence-electron chi connectivity index (χ3n) is 5.86. The largest absolute Gasteiger partial charge is 0.491 e. The number of halogens is 1. The van der Waals surface area contributed by atoms with Gasteiger partial charge in [0.1, 0.15) is 43.6 Å². The van der Waals surface area contributed by atoms with Crippen LogP contribution in [0.2, 0.25) is 0 Å². The van der Waals surface area contributed by atoms with Crippen LogP contribution in [-0.2, 0) is 54.1 Å². The third-order valence-corrected chi connectivity index (χ3v) is 9.65. The molecule has 0 radical (unpaired) electrons. The molecule has 2 aromatic carbocycles. The number of rotatable bonds is 16. The van der Waals surface area contributed by atoms with E-state index in [0.717, 1.165) is 11.3 Å². The maximum absolute atomic E-state index is 12.8. The van der Waals surface area contributed by atoms with Crippen molar-refractivity contribution in [1.82, 2.24) is 20.0 Å². The first-order valence-corrected chi connectivity index (χ1v) is 16.6. The number of nitrogens with two attached hydrogens (primary N) is 1. The number of fused-ring (bicyclic) bond motifs is 1. The van der Waals surface area contributed by atoms with Crippen molar-refractivity contribution in [3.63, 3.8) is 0 Å². The van der Waals surface area contributed by atoms with Gasteiger partial charge in [-0.15, -0.1) is 16.4 Å². The van der Waals surface area contributed by atoms with Crippen LogP contribution in [0.5, 0.6) is 11.5 Å². The van der Waals surface area contributed by atoms with Crippen LogP contribution < -0.4 is 14.6 Å². The highest BCUT2D eigenvalue weighted by Crippen LogP contribution is 2.28. The molecule has 0 aliphatic rings. The molecule has 0 amide bonds. The summed E-state index contributed by atoms with van der Waals surface area (Å²) in [6.45, 7) is -0.889. The molecule has 0 saturated heterocycles. The van der Waals surface area contributed by atoms with Crippen LogP contribution in [0.4, 0.5) is 4.39 Å². The monoisotopic (exact) mass is 653 g/mol. The van der Waals surface area contributed by atoms with Gasteiger partial charge in [-0.2, -0.15) is 0 Å². The van der Waals surface area contributed by atoms with Gasteiger partial charge >= 0.3 is 5.97 Å². The molecule has 0 aliphatic carbocycles. The standard InChI is InChI=1S/C26H28FN5O8S3/c1-38-25(34)18(16-42(35)15-17-3-2-4-21(9-17)39-8-7-27)10-20(33)13-32-12-19(30-31-32)14-40-22-5-6-24-23(11-22)29-26(41-24)43(28,36)37/h2-6,9,11-12,18H,7-8,10,13-16H2,1H3,(H2,28,36,37)/t18-,42?/m0/s1. The number of carbonyl (C=O) groups excluding carboxylic acids is 2. The lowest BCUT2D eigenvalue weighted by Crippen LogP contribution is -2.27. The second-order valence-corrected chi connectivity index (χ2v) is 13.5. The number of Topliss-reactive ketones (excluding diaryl/α,β-unsaturated/α-hetero) is 1. The number of thiazole rings is 1. The summed E-state index contributed by atoms with van der Waals surface area (Å²) in [6, 6.07) is 11.6. The molecule has 2 aromatic heterocycles. The number of hydrogen-bond acceptors (Lipinski definition) is 12. The first-order chi connectivity index (χ1) is 20.5. The van der Waals surface area contributed by atoms with Crippen molar-refractivity contribution in [2.75, 3.05) is 26.1 Å². The number of aromatic nitrogens is 4. The molecule has 2 heterocycles. The van der Waals surface area contributed by atoms with Gasteiger partial charge in [0, 0.05) is 34.8 Å². The van der Waals surface area contributed by atoms with Gasteiger partial charge in [-0.1, -0.05) is 17.3 Å². The fraction of sp³-hybridized carbons (Fsp3) is 0.346. The summed E-state index contributed by atoms with van der Waals surface area (Å²) < 4.78 is 65.8. The van der Waals surface area contributed by atoms with Gasteiger partial charge in [0.25, 0.3) is 10.0 Å². The average molecular weight is 654 g/mol. The molecular formula is C26H28FN5O8S3. The third kappa shape index (κ3) is 9.34. The molecule has 230 valence electrons. The quantitative estimate of drug-likeness (QED) is 0.175. The van der Waals surface area contributed by atoms with Crippen molar-refractivity contribution >= 4 is 54.1 Å². The Morgan fingerprint density at radius 2 is 1.95 bits per heavy atom. The number of carbonyl (C=O) groups is 2. The normalized spacial score (nSPS) is 13.0. The van der Waals surface area contributed by atoms with Crippen LogP contribution in [0, 0.1) is 5.92 Å². The maximum atomic E-state index is 12.8. The summed E-state index contributed by atoms with van der Waals surface area (Å²) in [5.41, 5.74) is 1.51. The minimum atomic E-state index is -3.91. The first-order valence-electron chi connectivity index (χ1n) is 12.7. The highest BCUT2D eigenvalue weighted by molar-refractivity contribution is 7.91. The SMILES string of the molecule is COC(=O)[C@@H](CC(=O)Cn1cc(COc2ccc3sc(S(N)(=O)=O)nc3c2)nn1)CS(=O)Cc1cccc(OCCF)c1. The summed E-state index contributed by atoms with van der Waals surface area (Å²) in [6.07, 6.45) is 1.31. The van der Waals surface area contributed by atoms with E-state index in [4.69, 9.17) is 19.3 Å². The molecule has 0 spiro atoms. The lowest BCUT2D eigenvalue weighted by atomic mass is 10.1. The zero-order valence-corrected chi connectivity index (χ0v) is 25.3. The van der Waals surface area contributed by atoms with Crippen LogP contribution in [0.3, 0.4) is 0 Å². The number of esters is 1. The van der Waals surface area contributed by atoms with Crippen molar-refractivity contribution in [3.8, 4) is 11.5 Å². The van der Waals surface area contributed by atoms with E-state index in [0.29, 0.717) is 33.0 Å². The highest BCUT2D eigenvalue weighted by atomic mass is 32.2. The fourth-order valence-electron chi connectivity index (χ4n) is 3.98. The molecule has 17 heteroatoms. The van der Waals surface area contributed by atoms with E-state index in [1.54, 1.807) is 42.5 Å². The molecule has 43 heavy (non-hydrogen) atoms. The number of primary sulfonamides is 1. The minimum Gasteiger partial charge on any atom is -0.491 e. The Labute approximate surface area is 252 Å². The first kappa shape index (κ1) is 32.1. The summed E-state index contributed by atoms with van der Waals surface area (Å²) in [7, 11) is -4.22. The van der Waals surface area contributed by atoms with Crippen molar-refractivity contribution < 1.29 is 40.8 Å². The molecule has 0 saturated carbocycles. The number of sulfonamides is 1. The number of ether oxygens (including phenoxy) is 3. The summed E-state index contributed by atoms with van der Waals surface area (Å²) in [4.78, 5) is 29.2. The van der Waals surface area contributed by atoms with Crippen LogP contribution in [0.1, 0.15) is 17.7 Å². The van der Waals surface area contributed by atoms with Crippen LogP contribution in [-0.4, -0.2) is 70.5 Å². The second-order valence-electron chi connectivity index (χ2n) is 9.25. The average Bonchev–Trinajstić information content (AvgIpc) is 3.61. The maximum Gasteiger partial charge on any atom is 0.310 e. The second kappa shape index (κ2) is 14.6. The van der Waals surface area contributed by atoms with Crippen molar-refractivity contribution in [2.45, 2.75) is 29.7 Å². The molecule has 2 N–H and O–H groups in total. The van der Waals surface area contributed by atoms with Crippen molar-refractivity contribution in [1.29, 1.82) is 0 Å². The summed E-state index contributed by atoms with van der Waals surface area (Å²) in [5.74, 6) is -1.03. The number of nitrogens with zero attached hydrogens (tertiary/aromatic N) is 4. The molecule has 2 atom stereocenters. The van der Waals surface area contributed by atoms with Gasteiger partial charge in [0.15, 0.2) is 5.78 Å².